The zero-order chi connectivity index (χ0) is 13.7. The summed E-state index contributed by atoms with van der Waals surface area (Å²) in [5.74, 6) is 0.562. The molecule has 0 fully saturated rings. The maximum absolute atomic E-state index is 11.6. The van der Waals surface area contributed by atoms with Crippen LogP contribution in [0, 0.1) is 6.92 Å². The highest BCUT2D eigenvalue weighted by molar-refractivity contribution is 9.10. The van der Waals surface area contributed by atoms with E-state index in [0.29, 0.717) is 6.61 Å². The number of hydrogen-bond donors (Lipinski definition) is 0. The molecule has 0 radical (unpaired) electrons. The maximum Gasteiger partial charge on any atom is 0.325 e. The average Bonchev–Trinajstić information content (AvgIpc) is 2.30. The Hall–Kier alpha value is -1.10. The van der Waals surface area contributed by atoms with Crippen LogP contribution < -0.4 is 4.90 Å². The van der Waals surface area contributed by atoms with Gasteiger partial charge in [0.05, 0.1) is 12.3 Å². The van der Waals surface area contributed by atoms with Crippen molar-refractivity contribution in [2.24, 2.45) is 0 Å². The quantitative estimate of drug-likeness (QED) is 0.784. The molecule has 0 N–H and O–H groups in total. The predicted molar refractivity (Wildman–Crippen MR) is 75.8 cm³/mol. The molecule has 1 aromatic heterocycles. The first-order valence-electron chi connectivity index (χ1n) is 6.01. The number of pyridine rings is 1. The highest BCUT2D eigenvalue weighted by Gasteiger charge is 2.17. The van der Waals surface area contributed by atoms with Gasteiger partial charge in [-0.25, -0.2) is 4.98 Å². The molecule has 4 nitrogen and oxygen atoms in total. The number of esters is 1. The fraction of sp³-hybridized carbons (Fsp3) is 0.538. The zero-order valence-electron chi connectivity index (χ0n) is 11.2. The number of carbonyl (C=O) groups excluding carboxylic acids is 1. The van der Waals surface area contributed by atoms with Crippen LogP contribution in [0.3, 0.4) is 0 Å². The normalized spacial score (nSPS) is 10.6. The first-order chi connectivity index (χ1) is 8.45. The Labute approximate surface area is 116 Å². The summed E-state index contributed by atoms with van der Waals surface area (Å²) in [6.07, 6.45) is 0. The predicted octanol–water partition coefficient (Wildman–Crippen LogP) is 2.93. The van der Waals surface area contributed by atoms with E-state index in [9.17, 15) is 4.79 Å². The Balaban J connectivity index is 2.90. The van der Waals surface area contributed by atoms with Crippen LogP contribution in [-0.2, 0) is 9.53 Å². The van der Waals surface area contributed by atoms with E-state index in [1.165, 1.54) is 0 Å². The summed E-state index contributed by atoms with van der Waals surface area (Å²) in [5, 5.41) is 0. The molecule has 18 heavy (non-hydrogen) atoms. The van der Waals surface area contributed by atoms with Crippen LogP contribution >= 0.6 is 15.9 Å². The summed E-state index contributed by atoms with van der Waals surface area (Å²) in [6, 6.07) is 4.02. The SMILES string of the molecule is CCOC(=O)CN(c1ccc(Br)c(C)n1)C(C)C. The van der Waals surface area contributed by atoms with Gasteiger partial charge in [-0.2, -0.15) is 0 Å². The van der Waals surface area contributed by atoms with Gasteiger partial charge < -0.3 is 9.64 Å². The smallest absolute Gasteiger partial charge is 0.325 e. The summed E-state index contributed by atoms with van der Waals surface area (Å²) in [4.78, 5) is 18.0. The van der Waals surface area contributed by atoms with E-state index in [4.69, 9.17) is 4.74 Å². The number of nitrogens with zero attached hydrogens (tertiary/aromatic N) is 2. The van der Waals surface area contributed by atoms with Crippen molar-refractivity contribution in [1.29, 1.82) is 0 Å². The molecule has 0 aliphatic carbocycles. The second-order valence-corrected chi connectivity index (χ2v) is 5.12. The molecule has 0 aliphatic heterocycles. The van der Waals surface area contributed by atoms with Crippen LogP contribution in [0.1, 0.15) is 26.5 Å². The number of halogens is 1. The van der Waals surface area contributed by atoms with Crippen molar-refractivity contribution in [1.82, 2.24) is 4.98 Å². The van der Waals surface area contributed by atoms with Gasteiger partial charge in [-0.1, -0.05) is 0 Å². The number of carbonyl (C=O) groups is 1. The molecule has 0 unspecified atom stereocenters. The van der Waals surface area contributed by atoms with Gasteiger partial charge in [0.25, 0.3) is 0 Å². The number of hydrogen-bond acceptors (Lipinski definition) is 4. The molecule has 0 aromatic carbocycles. The standard InChI is InChI=1S/C13H19BrN2O2/c1-5-18-13(17)8-16(9(2)3)12-7-6-11(14)10(4)15-12/h6-7,9H,5,8H2,1-4H3. The molecular weight excluding hydrogens is 296 g/mol. The van der Waals surface area contributed by atoms with E-state index in [1.807, 2.05) is 37.8 Å². The molecule has 0 spiro atoms. The van der Waals surface area contributed by atoms with E-state index in [-0.39, 0.29) is 18.6 Å². The van der Waals surface area contributed by atoms with E-state index in [0.717, 1.165) is 16.0 Å². The average molecular weight is 315 g/mol. The molecule has 1 rings (SSSR count). The Bertz CT molecular complexity index is 421. The Morgan fingerprint density at radius 1 is 1.50 bits per heavy atom. The van der Waals surface area contributed by atoms with Gasteiger partial charge >= 0.3 is 5.97 Å². The number of aromatic nitrogens is 1. The number of rotatable bonds is 5. The van der Waals surface area contributed by atoms with Crippen LogP contribution in [0.2, 0.25) is 0 Å². The third-order valence-corrected chi connectivity index (χ3v) is 3.37. The summed E-state index contributed by atoms with van der Waals surface area (Å²) in [7, 11) is 0. The first kappa shape index (κ1) is 15.0. The minimum absolute atomic E-state index is 0.183. The van der Waals surface area contributed by atoms with Gasteiger partial charge in [0, 0.05) is 10.5 Å². The van der Waals surface area contributed by atoms with Gasteiger partial charge in [0.1, 0.15) is 12.4 Å². The molecule has 100 valence electrons. The van der Waals surface area contributed by atoms with Crippen LogP contribution in [0.4, 0.5) is 5.82 Å². The van der Waals surface area contributed by atoms with Crippen molar-refractivity contribution in [3.63, 3.8) is 0 Å². The lowest BCUT2D eigenvalue weighted by molar-refractivity contribution is -0.141. The van der Waals surface area contributed by atoms with Crippen LogP contribution in [0.5, 0.6) is 0 Å². The number of ether oxygens (including phenoxy) is 1. The second kappa shape index (κ2) is 6.73. The lowest BCUT2D eigenvalue weighted by Gasteiger charge is -2.27. The van der Waals surface area contributed by atoms with Crippen molar-refractivity contribution in [3.05, 3.63) is 22.3 Å². The minimum atomic E-state index is -0.228. The Morgan fingerprint density at radius 3 is 2.67 bits per heavy atom. The first-order valence-corrected chi connectivity index (χ1v) is 6.80. The van der Waals surface area contributed by atoms with Crippen molar-refractivity contribution >= 4 is 27.7 Å². The van der Waals surface area contributed by atoms with Crippen molar-refractivity contribution in [3.8, 4) is 0 Å². The minimum Gasteiger partial charge on any atom is -0.465 e. The largest absolute Gasteiger partial charge is 0.465 e. The van der Waals surface area contributed by atoms with Gasteiger partial charge in [-0.3, -0.25) is 4.79 Å². The van der Waals surface area contributed by atoms with Gasteiger partial charge in [0.15, 0.2) is 0 Å². The van der Waals surface area contributed by atoms with E-state index in [2.05, 4.69) is 20.9 Å². The Kier molecular flexibility index (Phi) is 5.59. The molecule has 0 bridgehead atoms. The highest BCUT2D eigenvalue weighted by atomic mass is 79.9. The third-order valence-electron chi connectivity index (χ3n) is 2.53. The summed E-state index contributed by atoms with van der Waals surface area (Å²) in [5.41, 5.74) is 0.905. The Morgan fingerprint density at radius 2 is 2.17 bits per heavy atom. The van der Waals surface area contributed by atoms with Crippen LogP contribution in [0.15, 0.2) is 16.6 Å². The topological polar surface area (TPSA) is 42.4 Å². The van der Waals surface area contributed by atoms with E-state index in [1.54, 1.807) is 6.92 Å². The fourth-order valence-corrected chi connectivity index (χ4v) is 1.79. The van der Waals surface area contributed by atoms with Crippen LogP contribution in [0.25, 0.3) is 0 Å². The number of anilines is 1. The van der Waals surface area contributed by atoms with Crippen LogP contribution in [-0.4, -0.2) is 30.1 Å². The number of aryl methyl sites for hydroxylation is 1. The van der Waals surface area contributed by atoms with E-state index < -0.39 is 0 Å². The monoisotopic (exact) mass is 314 g/mol. The lowest BCUT2D eigenvalue weighted by Crippen LogP contribution is -2.37. The molecule has 0 amide bonds. The molecule has 1 heterocycles. The molecule has 0 atom stereocenters. The molecule has 1 aromatic rings. The van der Waals surface area contributed by atoms with Crippen molar-refractivity contribution in [2.45, 2.75) is 33.7 Å². The van der Waals surface area contributed by atoms with E-state index >= 15 is 0 Å². The summed E-state index contributed by atoms with van der Waals surface area (Å²) in [6.45, 7) is 8.41. The molecule has 0 aliphatic rings. The lowest BCUT2D eigenvalue weighted by atomic mass is 10.3. The van der Waals surface area contributed by atoms with Gasteiger partial charge in [0.2, 0.25) is 0 Å². The summed E-state index contributed by atoms with van der Waals surface area (Å²) >= 11 is 3.42. The van der Waals surface area contributed by atoms with Crippen molar-refractivity contribution < 1.29 is 9.53 Å². The molecule has 5 heteroatoms. The second-order valence-electron chi connectivity index (χ2n) is 4.26. The molecular formula is C13H19BrN2O2. The third kappa shape index (κ3) is 3.98. The fourth-order valence-electron chi connectivity index (χ4n) is 1.56. The van der Waals surface area contributed by atoms with Gasteiger partial charge in [-0.05, 0) is 55.8 Å². The summed E-state index contributed by atoms with van der Waals surface area (Å²) < 4.78 is 5.94. The zero-order valence-corrected chi connectivity index (χ0v) is 12.8. The highest BCUT2D eigenvalue weighted by Crippen LogP contribution is 2.20. The van der Waals surface area contributed by atoms with Gasteiger partial charge in [-0.15, -0.1) is 0 Å². The molecule has 0 saturated heterocycles. The molecule has 0 saturated carbocycles. The van der Waals surface area contributed by atoms with Crippen molar-refractivity contribution in [2.75, 3.05) is 18.1 Å². The maximum atomic E-state index is 11.6.